The summed E-state index contributed by atoms with van der Waals surface area (Å²) in [5.74, 6) is 1.04. The van der Waals surface area contributed by atoms with E-state index in [0.717, 1.165) is 12.5 Å². The Labute approximate surface area is 116 Å². The summed E-state index contributed by atoms with van der Waals surface area (Å²) < 4.78 is 1.25. The van der Waals surface area contributed by atoms with Gasteiger partial charge in [-0.2, -0.15) is 0 Å². The standard InChI is InChI=1S/C13H19BrN2S/c14-13-4-3-12(17-13)10-16-7-5-15(6-8-16)9-11-1-2-11/h3-4,11H,1-2,5-10H2. The summed E-state index contributed by atoms with van der Waals surface area (Å²) in [7, 11) is 0. The van der Waals surface area contributed by atoms with Gasteiger partial charge in [0, 0.05) is 44.1 Å². The van der Waals surface area contributed by atoms with E-state index in [9.17, 15) is 0 Å². The molecule has 17 heavy (non-hydrogen) atoms. The predicted octanol–water partition coefficient (Wildman–Crippen LogP) is 3.04. The van der Waals surface area contributed by atoms with Crippen molar-refractivity contribution in [2.45, 2.75) is 19.4 Å². The van der Waals surface area contributed by atoms with Gasteiger partial charge >= 0.3 is 0 Å². The molecule has 0 aromatic carbocycles. The van der Waals surface area contributed by atoms with Crippen molar-refractivity contribution in [3.8, 4) is 0 Å². The molecule has 0 atom stereocenters. The van der Waals surface area contributed by atoms with E-state index in [-0.39, 0.29) is 0 Å². The van der Waals surface area contributed by atoms with Crippen LogP contribution in [0.4, 0.5) is 0 Å². The van der Waals surface area contributed by atoms with Gasteiger partial charge in [-0.25, -0.2) is 0 Å². The molecule has 2 nitrogen and oxygen atoms in total. The fourth-order valence-corrected chi connectivity index (χ4v) is 3.98. The van der Waals surface area contributed by atoms with Crippen LogP contribution in [0.2, 0.25) is 0 Å². The zero-order valence-corrected chi connectivity index (χ0v) is 12.5. The van der Waals surface area contributed by atoms with Crippen LogP contribution in [-0.4, -0.2) is 42.5 Å². The molecule has 2 heterocycles. The molecule has 0 N–H and O–H groups in total. The van der Waals surface area contributed by atoms with Crippen molar-refractivity contribution < 1.29 is 0 Å². The zero-order valence-electron chi connectivity index (χ0n) is 10.1. The van der Waals surface area contributed by atoms with Crippen LogP contribution in [0, 0.1) is 5.92 Å². The van der Waals surface area contributed by atoms with Crippen LogP contribution in [0.1, 0.15) is 17.7 Å². The Kier molecular flexibility index (Phi) is 3.85. The van der Waals surface area contributed by atoms with Crippen LogP contribution >= 0.6 is 27.3 Å². The number of halogens is 1. The largest absolute Gasteiger partial charge is 0.301 e. The van der Waals surface area contributed by atoms with E-state index in [2.05, 4.69) is 37.9 Å². The molecule has 2 aliphatic rings. The molecule has 0 spiro atoms. The van der Waals surface area contributed by atoms with Crippen LogP contribution in [0.3, 0.4) is 0 Å². The van der Waals surface area contributed by atoms with E-state index in [0.29, 0.717) is 0 Å². The molecule has 1 aromatic rings. The Morgan fingerprint density at radius 1 is 1.12 bits per heavy atom. The first-order valence-electron chi connectivity index (χ1n) is 6.48. The summed E-state index contributed by atoms with van der Waals surface area (Å²) in [6.45, 7) is 7.50. The molecule has 1 aromatic heterocycles. The molecule has 2 fully saturated rings. The molecule has 0 amide bonds. The Balaban J connectivity index is 1.44. The number of nitrogens with zero attached hydrogens (tertiary/aromatic N) is 2. The van der Waals surface area contributed by atoms with Crippen molar-refractivity contribution >= 4 is 27.3 Å². The molecule has 94 valence electrons. The lowest BCUT2D eigenvalue weighted by Gasteiger charge is -2.34. The van der Waals surface area contributed by atoms with Gasteiger partial charge in [-0.3, -0.25) is 4.90 Å². The number of thiophene rings is 1. The van der Waals surface area contributed by atoms with Crippen molar-refractivity contribution in [3.63, 3.8) is 0 Å². The van der Waals surface area contributed by atoms with Gasteiger partial charge in [-0.05, 0) is 46.8 Å². The Hall–Kier alpha value is 0.1000. The van der Waals surface area contributed by atoms with Gasteiger partial charge in [0.1, 0.15) is 0 Å². The quantitative estimate of drug-likeness (QED) is 0.843. The van der Waals surface area contributed by atoms with Crippen LogP contribution in [0.15, 0.2) is 15.9 Å². The second-order valence-electron chi connectivity index (χ2n) is 5.23. The summed E-state index contributed by atoms with van der Waals surface area (Å²) in [5.41, 5.74) is 0. The fraction of sp³-hybridized carbons (Fsp3) is 0.692. The maximum atomic E-state index is 3.53. The number of hydrogen-bond donors (Lipinski definition) is 0. The lowest BCUT2D eigenvalue weighted by Crippen LogP contribution is -2.46. The normalized spacial score (nSPS) is 23.1. The highest BCUT2D eigenvalue weighted by Crippen LogP contribution is 2.30. The van der Waals surface area contributed by atoms with Gasteiger partial charge in [-0.15, -0.1) is 11.3 Å². The van der Waals surface area contributed by atoms with Gasteiger partial charge in [-0.1, -0.05) is 0 Å². The predicted molar refractivity (Wildman–Crippen MR) is 76.5 cm³/mol. The number of hydrogen-bond acceptors (Lipinski definition) is 3. The third-order valence-corrected chi connectivity index (χ3v) is 5.29. The third-order valence-electron chi connectivity index (χ3n) is 3.69. The highest BCUT2D eigenvalue weighted by atomic mass is 79.9. The van der Waals surface area contributed by atoms with Crippen molar-refractivity contribution in [1.29, 1.82) is 0 Å². The molecule has 4 heteroatoms. The molecule has 0 radical (unpaired) electrons. The molecule has 0 bridgehead atoms. The Morgan fingerprint density at radius 2 is 1.82 bits per heavy atom. The second-order valence-corrected chi connectivity index (χ2v) is 7.77. The summed E-state index contributed by atoms with van der Waals surface area (Å²) in [6.07, 6.45) is 2.95. The summed E-state index contributed by atoms with van der Waals surface area (Å²) in [6, 6.07) is 4.40. The van der Waals surface area contributed by atoms with Gasteiger partial charge in [0.15, 0.2) is 0 Å². The molecule has 1 aliphatic heterocycles. The molecule has 1 aliphatic carbocycles. The zero-order chi connectivity index (χ0) is 11.7. The van der Waals surface area contributed by atoms with Gasteiger partial charge in [0.25, 0.3) is 0 Å². The van der Waals surface area contributed by atoms with Gasteiger partial charge in [0.2, 0.25) is 0 Å². The molecular weight excluding hydrogens is 296 g/mol. The van der Waals surface area contributed by atoms with Crippen molar-refractivity contribution in [1.82, 2.24) is 9.80 Å². The van der Waals surface area contributed by atoms with Gasteiger partial charge < -0.3 is 4.90 Å². The lowest BCUT2D eigenvalue weighted by molar-refractivity contribution is 0.124. The van der Waals surface area contributed by atoms with E-state index in [1.165, 1.54) is 54.2 Å². The van der Waals surface area contributed by atoms with E-state index >= 15 is 0 Å². The molecule has 0 unspecified atom stereocenters. The maximum Gasteiger partial charge on any atom is 0.0701 e. The van der Waals surface area contributed by atoms with Crippen LogP contribution in [0.5, 0.6) is 0 Å². The van der Waals surface area contributed by atoms with E-state index in [1.54, 1.807) is 0 Å². The molecule has 1 saturated heterocycles. The van der Waals surface area contributed by atoms with Crippen molar-refractivity contribution in [2.75, 3.05) is 32.7 Å². The smallest absolute Gasteiger partial charge is 0.0701 e. The van der Waals surface area contributed by atoms with E-state index in [4.69, 9.17) is 0 Å². The van der Waals surface area contributed by atoms with Crippen molar-refractivity contribution in [3.05, 3.63) is 20.8 Å². The number of piperazine rings is 1. The molecular formula is C13H19BrN2S. The summed E-state index contributed by atoms with van der Waals surface area (Å²) in [5, 5.41) is 0. The first-order valence-corrected chi connectivity index (χ1v) is 8.09. The lowest BCUT2D eigenvalue weighted by atomic mass is 10.2. The molecule has 3 rings (SSSR count). The first-order chi connectivity index (χ1) is 8.29. The van der Waals surface area contributed by atoms with Crippen LogP contribution in [-0.2, 0) is 6.54 Å². The second kappa shape index (κ2) is 5.39. The van der Waals surface area contributed by atoms with Gasteiger partial charge in [0.05, 0.1) is 3.79 Å². The minimum absolute atomic E-state index is 1.04. The van der Waals surface area contributed by atoms with Crippen LogP contribution in [0.25, 0.3) is 0 Å². The highest BCUT2D eigenvalue weighted by Gasteiger charge is 2.26. The topological polar surface area (TPSA) is 6.48 Å². The summed E-state index contributed by atoms with van der Waals surface area (Å²) >= 11 is 5.40. The SMILES string of the molecule is Brc1ccc(CN2CCN(CC3CC3)CC2)s1. The monoisotopic (exact) mass is 314 g/mol. The highest BCUT2D eigenvalue weighted by molar-refractivity contribution is 9.11. The number of rotatable bonds is 4. The third kappa shape index (κ3) is 3.53. The summed E-state index contributed by atoms with van der Waals surface area (Å²) in [4.78, 5) is 6.72. The first kappa shape index (κ1) is 12.2. The average Bonchev–Trinajstić information content (AvgIpc) is 3.04. The minimum Gasteiger partial charge on any atom is -0.301 e. The fourth-order valence-electron chi connectivity index (χ4n) is 2.45. The minimum atomic E-state index is 1.04. The van der Waals surface area contributed by atoms with E-state index in [1.807, 2.05) is 11.3 Å². The van der Waals surface area contributed by atoms with Crippen molar-refractivity contribution in [2.24, 2.45) is 5.92 Å². The average molecular weight is 315 g/mol. The Bertz CT molecular complexity index is 367. The maximum absolute atomic E-state index is 3.53. The molecule has 1 saturated carbocycles. The van der Waals surface area contributed by atoms with E-state index < -0.39 is 0 Å². The Morgan fingerprint density at radius 3 is 2.41 bits per heavy atom. The van der Waals surface area contributed by atoms with Crippen LogP contribution < -0.4 is 0 Å².